The van der Waals surface area contributed by atoms with Crippen LogP contribution in [0.15, 0.2) is 29.3 Å². The Morgan fingerprint density at radius 2 is 1.79 bits per heavy atom. The van der Waals surface area contributed by atoms with E-state index in [0.717, 1.165) is 5.56 Å². The quantitative estimate of drug-likeness (QED) is 0.500. The molecule has 0 aliphatic heterocycles. The highest BCUT2D eigenvalue weighted by Crippen LogP contribution is 2.16. The normalized spacial score (nSPS) is 18.1. The van der Waals surface area contributed by atoms with Gasteiger partial charge in [0, 0.05) is 6.04 Å². The molecule has 0 atom stereocenters. The zero-order valence-electron chi connectivity index (χ0n) is 11.2. The van der Waals surface area contributed by atoms with E-state index in [1.165, 1.54) is 50.7 Å². The lowest BCUT2D eigenvalue weighted by Gasteiger charge is -2.16. The van der Waals surface area contributed by atoms with E-state index in [2.05, 4.69) is 10.3 Å². The van der Waals surface area contributed by atoms with Gasteiger partial charge in [0.2, 0.25) is 0 Å². The molecule has 104 valence electrons. The van der Waals surface area contributed by atoms with E-state index in [9.17, 15) is 4.39 Å². The number of rotatable bonds is 3. The maximum atomic E-state index is 12.8. The summed E-state index contributed by atoms with van der Waals surface area (Å²) in [7, 11) is 0. The van der Waals surface area contributed by atoms with Crippen molar-refractivity contribution in [1.82, 2.24) is 5.32 Å². The predicted molar refractivity (Wildman–Crippen MR) is 76.4 cm³/mol. The van der Waals surface area contributed by atoms with Crippen molar-refractivity contribution in [3.63, 3.8) is 0 Å². The predicted octanol–water partition coefficient (Wildman–Crippen LogP) is 2.95. The molecule has 1 aromatic carbocycles. The summed E-state index contributed by atoms with van der Waals surface area (Å²) < 4.78 is 12.8. The van der Waals surface area contributed by atoms with E-state index in [0.29, 0.717) is 18.5 Å². The van der Waals surface area contributed by atoms with E-state index in [-0.39, 0.29) is 5.82 Å². The lowest BCUT2D eigenvalue weighted by Crippen LogP contribution is -2.39. The number of nitrogens with zero attached hydrogens (tertiary/aromatic N) is 1. The molecule has 0 aromatic heterocycles. The summed E-state index contributed by atoms with van der Waals surface area (Å²) in [5.74, 6) is 0.272. The third kappa shape index (κ3) is 4.89. The minimum atomic E-state index is -0.225. The summed E-state index contributed by atoms with van der Waals surface area (Å²) in [6.45, 7) is 0.492. The van der Waals surface area contributed by atoms with Gasteiger partial charge >= 0.3 is 0 Å². The highest BCUT2D eigenvalue weighted by atomic mass is 19.1. The first-order valence-corrected chi connectivity index (χ1v) is 7.05. The van der Waals surface area contributed by atoms with Crippen LogP contribution in [-0.2, 0) is 6.54 Å². The van der Waals surface area contributed by atoms with Gasteiger partial charge in [-0.25, -0.2) is 9.38 Å². The summed E-state index contributed by atoms with van der Waals surface area (Å²) in [6, 6.07) is 6.81. The molecule has 1 fully saturated rings. The van der Waals surface area contributed by atoms with Gasteiger partial charge in [-0.3, -0.25) is 0 Å². The van der Waals surface area contributed by atoms with Crippen LogP contribution in [0.5, 0.6) is 0 Å². The topological polar surface area (TPSA) is 50.4 Å². The lowest BCUT2D eigenvalue weighted by molar-refractivity contribution is 0.530. The van der Waals surface area contributed by atoms with Gasteiger partial charge in [0.15, 0.2) is 5.96 Å². The second kappa shape index (κ2) is 7.12. The van der Waals surface area contributed by atoms with Crippen LogP contribution < -0.4 is 11.1 Å². The number of hydrogen-bond donors (Lipinski definition) is 2. The van der Waals surface area contributed by atoms with Crippen LogP contribution in [-0.4, -0.2) is 12.0 Å². The highest BCUT2D eigenvalue weighted by Gasteiger charge is 2.12. The Morgan fingerprint density at radius 1 is 1.16 bits per heavy atom. The number of nitrogens with one attached hydrogen (secondary N) is 1. The minimum absolute atomic E-state index is 0.225. The SMILES string of the molecule is NC(=NCc1ccc(F)cc1)NC1CCCCCC1. The standard InChI is InChI=1S/C15H22FN3/c16-13-9-7-12(8-10-13)11-18-15(17)19-14-5-3-1-2-4-6-14/h7-10,14H,1-6,11H2,(H3,17,18,19). The van der Waals surface area contributed by atoms with Crippen LogP contribution in [0.2, 0.25) is 0 Å². The fourth-order valence-corrected chi connectivity index (χ4v) is 2.44. The monoisotopic (exact) mass is 263 g/mol. The largest absolute Gasteiger partial charge is 0.370 e. The Kier molecular flexibility index (Phi) is 5.19. The van der Waals surface area contributed by atoms with Gasteiger partial charge in [-0.2, -0.15) is 0 Å². The van der Waals surface area contributed by atoms with Gasteiger partial charge in [-0.1, -0.05) is 37.8 Å². The molecule has 0 spiro atoms. The Balaban J connectivity index is 1.82. The molecule has 3 N–H and O–H groups in total. The van der Waals surface area contributed by atoms with Crippen molar-refractivity contribution in [3.8, 4) is 0 Å². The third-order valence-electron chi connectivity index (χ3n) is 3.55. The van der Waals surface area contributed by atoms with Crippen LogP contribution in [0.1, 0.15) is 44.1 Å². The van der Waals surface area contributed by atoms with Gasteiger partial charge in [-0.15, -0.1) is 0 Å². The molecule has 4 heteroatoms. The molecule has 0 unspecified atom stereocenters. The van der Waals surface area contributed by atoms with Crippen LogP contribution >= 0.6 is 0 Å². The third-order valence-corrected chi connectivity index (χ3v) is 3.55. The Bertz CT molecular complexity index is 406. The second-order valence-corrected chi connectivity index (χ2v) is 5.16. The van der Waals surface area contributed by atoms with E-state index < -0.39 is 0 Å². The first kappa shape index (κ1) is 13.8. The Hall–Kier alpha value is -1.58. The summed E-state index contributed by atoms with van der Waals surface area (Å²) in [5, 5.41) is 3.29. The molecule has 1 aliphatic carbocycles. The number of benzene rings is 1. The van der Waals surface area contributed by atoms with Gasteiger partial charge in [-0.05, 0) is 30.5 Å². The van der Waals surface area contributed by atoms with Gasteiger partial charge in [0.05, 0.1) is 6.54 Å². The molecule has 0 amide bonds. The fraction of sp³-hybridized carbons (Fsp3) is 0.533. The molecule has 19 heavy (non-hydrogen) atoms. The van der Waals surface area contributed by atoms with Crippen LogP contribution in [0, 0.1) is 5.82 Å². The molecule has 0 bridgehead atoms. The van der Waals surface area contributed by atoms with Crippen molar-refractivity contribution in [2.75, 3.05) is 0 Å². The fourth-order valence-electron chi connectivity index (χ4n) is 2.44. The van der Waals surface area contributed by atoms with Gasteiger partial charge < -0.3 is 11.1 Å². The molecule has 2 rings (SSSR count). The average molecular weight is 263 g/mol. The Morgan fingerprint density at radius 3 is 2.42 bits per heavy atom. The van der Waals surface area contributed by atoms with E-state index in [4.69, 9.17) is 5.73 Å². The summed E-state index contributed by atoms with van der Waals surface area (Å²) in [6.07, 6.45) is 7.53. The molecule has 0 heterocycles. The summed E-state index contributed by atoms with van der Waals surface area (Å²) in [4.78, 5) is 4.31. The van der Waals surface area contributed by atoms with Crippen molar-refractivity contribution < 1.29 is 4.39 Å². The van der Waals surface area contributed by atoms with Crippen molar-refractivity contribution in [1.29, 1.82) is 0 Å². The maximum absolute atomic E-state index is 12.8. The molecule has 0 saturated heterocycles. The number of aliphatic imine (C=N–C) groups is 1. The molecule has 1 saturated carbocycles. The van der Waals surface area contributed by atoms with Gasteiger partial charge in [0.1, 0.15) is 5.82 Å². The van der Waals surface area contributed by atoms with Gasteiger partial charge in [0.25, 0.3) is 0 Å². The number of guanidine groups is 1. The lowest BCUT2D eigenvalue weighted by atomic mass is 10.1. The second-order valence-electron chi connectivity index (χ2n) is 5.16. The number of nitrogens with two attached hydrogens (primary N) is 1. The number of hydrogen-bond acceptors (Lipinski definition) is 1. The van der Waals surface area contributed by atoms with E-state index in [1.54, 1.807) is 12.1 Å². The van der Waals surface area contributed by atoms with Crippen molar-refractivity contribution in [3.05, 3.63) is 35.6 Å². The van der Waals surface area contributed by atoms with E-state index in [1.807, 2.05) is 0 Å². The molecular weight excluding hydrogens is 241 g/mol. The van der Waals surface area contributed by atoms with E-state index >= 15 is 0 Å². The maximum Gasteiger partial charge on any atom is 0.189 e. The number of halogens is 1. The summed E-state index contributed by atoms with van der Waals surface area (Å²) >= 11 is 0. The molecule has 0 radical (unpaired) electrons. The van der Waals surface area contributed by atoms with Crippen molar-refractivity contribution in [2.45, 2.75) is 51.1 Å². The van der Waals surface area contributed by atoms with Crippen molar-refractivity contribution in [2.24, 2.45) is 10.7 Å². The Labute approximate surface area is 114 Å². The zero-order chi connectivity index (χ0) is 13.5. The first-order valence-electron chi connectivity index (χ1n) is 7.05. The van der Waals surface area contributed by atoms with Crippen LogP contribution in [0.3, 0.4) is 0 Å². The van der Waals surface area contributed by atoms with Crippen molar-refractivity contribution >= 4 is 5.96 Å². The summed E-state index contributed by atoms with van der Waals surface area (Å²) in [5.41, 5.74) is 6.86. The molecule has 3 nitrogen and oxygen atoms in total. The smallest absolute Gasteiger partial charge is 0.189 e. The average Bonchev–Trinajstić information content (AvgIpc) is 2.67. The molecular formula is C15H22FN3. The highest BCUT2D eigenvalue weighted by molar-refractivity contribution is 5.78. The first-order chi connectivity index (χ1) is 9.24. The van der Waals surface area contributed by atoms with Crippen LogP contribution in [0.25, 0.3) is 0 Å². The minimum Gasteiger partial charge on any atom is -0.370 e. The molecule has 1 aliphatic rings. The van der Waals surface area contributed by atoms with Crippen LogP contribution in [0.4, 0.5) is 4.39 Å². The zero-order valence-corrected chi connectivity index (χ0v) is 11.2. The molecule has 1 aromatic rings.